The van der Waals surface area contributed by atoms with Gasteiger partial charge in [-0.3, -0.25) is 0 Å². The van der Waals surface area contributed by atoms with Gasteiger partial charge in [0.1, 0.15) is 12.0 Å². The van der Waals surface area contributed by atoms with Gasteiger partial charge in [-0.1, -0.05) is 20.8 Å². The zero-order chi connectivity index (χ0) is 11.5. The van der Waals surface area contributed by atoms with E-state index < -0.39 is 6.23 Å². The normalized spacial score (nSPS) is 13.6. The molecule has 0 heterocycles. The predicted octanol–water partition coefficient (Wildman–Crippen LogP) is 2.56. The Morgan fingerprint density at radius 1 is 1.27 bits per heavy atom. The molecule has 0 bridgehead atoms. The van der Waals surface area contributed by atoms with Crippen LogP contribution in [0.2, 0.25) is 0 Å². The number of phenols is 1. The maximum Gasteiger partial charge on any atom is 0.129 e. The fraction of sp³-hybridized carbons (Fsp3) is 0.500. The van der Waals surface area contributed by atoms with E-state index in [1.165, 1.54) is 0 Å². The van der Waals surface area contributed by atoms with E-state index in [0.29, 0.717) is 0 Å². The Morgan fingerprint density at radius 3 is 2.27 bits per heavy atom. The van der Waals surface area contributed by atoms with E-state index in [2.05, 4.69) is 5.32 Å². The summed E-state index contributed by atoms with van der Waals surface area (Å²) in [5.41, 5.74) is 0.638. The first-order chi connectivity index (χ1) is 6.95. The number of hydrogen-bond acceptors (Lipinski definition) is 3. The molecule has 0 aromatic heterocycles. The molecule has 1 aromatic carbocycles. The Balaban J connectivity index is 2.66. The number of aliphatic hydroxyl groups excluding tert-OH is 1. The highest BCUT2D eigenvalue weighted by Crippen LogP contribution is 2.26. The van der Waals surface area contributed by atoms with Gasteiger partial charge in [-0.05, 0) is 30.7 Å². The summed E-state index contributed by atoms with van der Waals surface area (Å²) in [7, 11) is 0. The van der Waals surface area contributed by atoms with E-state index in [0.717, 1.165) is 12.1 Å². The second-order valence-electron chi connectivity index (χ2n) is 4.44. The first-order valence-electron chi connectivity index (χ1n) is 5.19. The SMILES string of the molecule is CCC(C)(C)C(O)Nc1ccc(O)cc1. The van der Waals surface area contributed by atoms with Gasteiger partial charge in [0.15, 0.2) is 0 Å². The lowest BCUT2D eigenvalue weighted by Gasteiger charge is -2.30. The van der Waals surface area contributed by atoms with Crippen molar-refractivity contribution in [2.24, 2.45) is 5.41 Å². The molecule has 0 radical (unpaired) electrons. The van der Waals surface area contributed by atoms with Crippen LogP contribution in [-0.2, 0) is 0 Å². The molecule has 1 atom stereocenters. The molecule has 0 aliphatic carbocycles. The van der Waals surface area contributed by atoms with Gasteiger partial charge in [-0.15, -0.1) is 0 Å². The van der Waals surface area contributed by atoms with Crippen molar-refractivity contribution < 1.29 is 10.2 Å². The maximum atomic E-state index is 9.93. The molecule has 0 aliphatic heterocycles. The van der Waals surface area contributed by atoms with Crippen molar-refractivity contribution in [2.45, 2.75) is 33.4 Å². The highest BCUT2D eigenvalue weighted by molar-refractivity contribution is 5.46. The van der Waals surface area contributed by atoms with Gasteiger partial charge in [0.2, 0.25) is 0 Å². The van der Waals surface area contributed by atoms with Crippen LogP contribution in [0.3, 0.4) is 0 Å². The minimum Gasteiger partial charge on any atom is -0.508 e. The Kier molecular flexibility index (Phi) is 3.58. The minimum absolute atomic E-state index is 0.169. The number of aromatic hydroxyl groups is 1. The largest absolute Gasteiger partial charge is 0.508 e. The van der Waals surface area contributed by atoms with Gasteiger partial charge < -0.3 is 15.5 Å². The smallest absolute Gasteiger partial charge is 0.129 e. The third kappa shape index (κ3) is 3.13. The predicted molar refractivity (Wildman–Crippen MR) is 61.8 cm³/mol. The van der Waals surface area contributed by atoms with E-state index >= 15 is 0 Å². The standard InChI is InChI=1S/C12H19NO2/c1-4-12(2,3)11(15)13-9-5-7-10(14)8-6-9/h5-8,11,13-15H,4H2,1-3H3. The molecular weight excluding hydrogens is 190 g/mol. The van der Waals surface area contributed by atoms with Crippen molar-refractivity contribution >= 4 is 5.69 Å². The molecule has 0 spiro atoms. The van der Waals surface area contributed by atoms with E-state index in [9.17, 15) is 5.11 Å². The molecule has 3 N–H and O–H groups in total. The quantitative estimate of drug-likeness (QED) is 0.527. The molecule has 0 saturated heterocycles. The second kappa shape index (κ2) is 4.53. The van der Waals surface area contributed by atoms with Crippen LogP contribution in [0.4, 0.5) is 5.69 Å². The van der Waals surface area contributed by atoms with E-state index in [1.54, 1.807) is 24.3 Å². The lowest BCUT2D eigenvalue weighted by atomic mass is 9.88. The molecule has 0 aliphatic rings. The summed E-state index contributed by atoms with van der Waals surface area (Å²) in [6.45, 7) is 6.05. The number of benzene rings is 1. The summed E-state index contributed by atoms with van der Waals surface area (Å²) >= 11 is 0. The summed E-state index contributed by atoms with van der Waals surface area (Å²) in [4.78, 5) is 0. The molecule has 1 rings (SSSR count). The fourth-order valence-corrected chi connectivity index (χ4v) is 1.10. The number of hydrogen-bond donors (Lipinski definition) is 3. The molecular formula is C12H19NO2. The Bertz CT molecular complexity index is 306. The van der Waals surface area contributed by atoms with Gasteiger partial charge in [-0.2, -0.15) is 0 Å². The van der Waals surface area contributed by atoms with Crippen molar-refractivity contribution in [1.82, 2.24) is 0 Å². The molecule has 84 valence electrons. The van der Waals surface area contributed by atoms with Crippen molar-refractivity contribution in [2.75, 3.05) is 5.32 Å². The van der Waals surface area contributed by atoms with E-state index in [4.69, 9.17) is 5.11 Å². The van der Waals surface area contributed by atoms with Crippen molar-refractivity contribution in [3.63, 3.8) is 0 Å². The third-order valence-electron chi connectivity index (χ3n) is 2.82. The highest BCUT2D eigenvalue weighted by atomic mass is 16.3. The number of aliphatic hydroxyl groups is 1. The summed E-state index contributed by atoms with van der Waals surface area (Å²) in [5.74, 6) is 0.227. The monoisotopic (exact) mass is 209 g/mol. The number of nitrogens with one attached hydrogen (secondary N) is 1. The molecule has 0 amide bonds. The van der Waals surface area contributed by atoms with Crippen LogP contribution >= 0.6 is 0 Å². The van der Waals surface area contributed by atoms with E-state index in [1.807, 2.05) is 20.8 Å². The molecule has 3 nitrogen and oxygen atoms in total. The molecule has 0 saturated carbocycles. The van der Waals surface area contributed by atoms with Crippen molar-refractivity contribution in [3.05, 3.63) is 24.3 Å². The second-order valence-corrected chi connectivity index (χ2v) is 4.44. The lowest BCUT2D eigenvalue weighted by Crippen LogP contribution is -2.35. The van der Waals surface area contributed by atoms with Crippen LogP contribution in [0.5, 0.6) is 5.75 Å². The third-order valence-corrected chi connectivity index (χ3v) is 2.82. The average Bonchev–Trinajstić information content (AvgIpc) is 2.21. The minimum atomic E-state index is -0.591. The zero-order valence-electron chi connectivity index (χ0n) is 9.49. The van der Waals surface area contributed by atoms with Gasteiger partial charge in [-0.25, -0.2) is 0 Å². The topological polar surface area (TPSA) is 52.5 Å². The van der Waals surface area contributed by atoms with Crippen LogP contribution in [-0.4, -0.2) is 16.4 Å². The Hall–Kier alpha value is -1.22. The van der Waals surface area contributed by atoms with Crippen molar-refractivity contribution in [3.8, 4) is 5.75 Å². The van der Waals surface area contributed by atoms with Gasteiger partial charge in [0.05, 0.1) is 0 Å². The number of rotatable bonds is 4. The van der Waals surface area contributed by atoms with Crippen LogP contribution < -0.4 is 5.32 Å². The van der Waals surface area contributed by atoms with Crippen LogP contribution in [0.1, 0.15) is 27.2 Å². The maximum absolute atomic E-state index is 9.93. The first kappa shape index (κ1) is 11.9. The molecule has 0 fully saturated rings. The van der Waals surface area contributed by atoms with Crippen LogP contribution in [0, 0.1) is 5.41 Å². The molecule has 15 heavy (non-hydrogen) atoms. The summed E-state index contributed by atoms with van der Waals surface area (Å²) < 4.78 is 0. The van der Waals surface area contributed by atoms with Gasteiger partial charge in [0, 0.05) is 11.1 Å². The summed E-state index contributed by atoms with van der Waals surface area (Å²) in [5, 5.41) is 22.0. The van der Waals surface area contributed by atoms with Gasteiger partial charge >= 0.3 is 0 Å². The van der Waals surface area contributed by atoms with E-state index in [-0.39, 0.29) is 11.2 Å². The van der Waals surface area contributed by atoms with Crippen LogP contribution in [0.15, 0.2) is 24.3 Å². The number of phenolic OH excluding ortho intramolecular Hbond substituents is 1. The summed E-state index contributed by atoms with van der Waals surface area (Å²) in [6, 6.07) is 6.66. The molecule has 1 unspecified atom stereocenters. The molecule has 1 aromatic rings. The van der Waals surface area contributed by atoms with Crippen molar-refractivity contribution in [1.29, 1.82) is 0 Å². The zero-order valence-corrected chi connectivity index (χ0v) is 9.49. The lowest BCUT2D eigenvalue weighted by molar-refractivity contribution is 0.0712. The first-order valence-corrected chi connectivity index (χ1v) is 5.19. The summed E-state index contributed by atoms with van der Waals surface area (Å²) in [6.07, 6.45) is 0.297. The fourth-order valence-electron chi connectivity index (χ4n) is 1.10. The van der Waals surface area contributed by atoms with Gasteiger partial charge in [0.25, 0.3) is 0 Å². The molecule has 3 heteroatoms. The Morgan fingerprint density at radius 2 is 1.80 bits per heavy atom. The van der Waals surface area contributed by atoms with Crippen LogP contribution in [0.25, 0.3) is 0 Å². The highest BCUT2D eigenvalue weighted by Gasteiger charge is 2.25. The number of anilines is 1. The Labute approximate surface area is 90.8 Å². The average molecular weight is 209 g/mol.